The molecule has 0 unspecified atom stereocenters. The van der Waals surface area contributed by atoms with Gasteiger partial charge in [0.25, 0.3) is 5.56 Å². The van der Waals surface area contributed by atoms with Crippen molar-refractivity contribution < 1.29 is 4.79 Å². The number of benzene rings is 2. The number of amides is 1. The minimum absolute atomic E-state index is 0.0830. The molecule has 0 saturated heterocycles. The molecule has 1 amide bonds. The summed E-state index contributed by atoms with van der Waals surface area (Å²) in [5.41, 5.74) is 2.77. The SMILES string of the molecule is O=C1Cn2c(Cl)cnc(c2=O)N[C@@H](Cc2ccccc2)CNCCCNCCc2ccc(Cl)cc2CN1. The van der Waals surface area contributed by atoms with Gasteiger partial charge in [-0.1, -0.05) is 59.6 Å². The van der Waals surface area contributed by atoms with Crippen molar-refractivity contribution in [2.45, 2.75) is 38.4 Å². The van der Waals surface area contributed by atoms with E-state index in [4.69, 9.17) is 23.2 Å². The summed E-state index contributed by atoms with van der Waals surface area (Å²) in [4.78, 5) is 30.3. The first-order chi connectivity index (χ1) is 18.0. The van der Waals surface area contributed by atoms with Crippen molar-refractivity contribution in [2.75, 3.05) is 31.5 Å². The van der Waals surface area contributed by atoms with E-state index in [1.54, 1.807) is 0 Å². The molecule has 4 rings (SSSR count). The molecule has 8 nitrogen and oxygen atoms in total. The number of aromatic nitrogens is 2. The Morgan fingerprint density at radius 3 is 2.62 bits per heavy atom. The minimum atomic E-state index is -0.439. The second kappa shape index (κ2) is 13.6. The normalized spacial score (nSPS) is 17.9. The lowest BCUT2D eigenvalue weighted by Crippen LogP contribution is -2.39. The zero-order valence-electron chi connectivity index (χ0n) is 20.6. The van der Waals surface area contributed by atoms with Gasteiger partial charge in [-0.3, -0.25) is 14.2 Å². The monoisotopic (exact) mass is 542 g/mol. The molecule has 2 heterocycles. The number of hydrogen-bond donors (Lipinski definition) is 4. The molecule has 1 aliphatic rings. The number of hydrogen-bond acceptors (Lipinski definition) is 6. The van der Waals surface area contributed by atoms with Crippen LogP contribution in [0.3, 0.4) is 0 Å². The lowest BCUT2D eigenvalue weighted by molar-refractivity contribution is -0.121. The number of carbonyl (C=O) groups is 1. The van der Waals surface area contributed by atoms with Gasteiger partial charge in [-0.15, -0.1) is 0 Å². The maximum absolute atomic E-state index is 13.2. The summed E-state index contributed by atoms with van der Waals surface area (Å²) in [6.45, 7) is 3.28. The number of anilines is 1. The fourth-order valence-corrected chi connectivity index (χ4v) is 4.72. The largest absolute Gasteiger partial charge is 0.361 e. The molecule has 3 aromatic rings. The molecule has 0 aliphatic carbocycles. The van der Waals surface area contributed by atoms with Crippen LogP contribution in [0.1, 0.15) is 23.1 Å². The highest BCUT2D eigenvalue weighted by Crippen LogP contribution is 2.17. The highest BCUT2D eigenvalue weighted by molar-refractivity contribution is 6.30. The first kappa shape index (κ1) is 27.1. The summed E-state index contributed by atoms with van der Waals surface area (Å²) >= 11 is 12.5. The van der Waals surface area contributed by atoms with Crippen LogP contribution in [-0.2, 0) is 30.7 Å². The number of carbonyl (C=O) groups excluding carboxylic acids is 1. The molecule has 10 heteroatoms. The summed E-state index contributed by atoms with van der Waals surface area (Å²) in [6.07, 6.45) is 3.89. The van der Waals surface area contributed by atoms with Crippen molar-refractivity contribution in [2.24, 2.45) is 0 Å². The summed E-state index contributed by atoms with van der Waals surface area (Å²) in [6, 6.07) is 15.7. The molecule has 0 radical (unpaired) electrons. The number of halogens is 2. The van der Waals surface area contributed by atoms with Crippen LogP contribution in [0, 0.1) is 0 Å². The van der Waals surface area contributed by atoms with Gasteiger partial charge < -0.3 is 21.3 Å². The highest BCUT2D eigenvalue weighted by Gasteiger charge is 2.17. The highest BCUT2D eigenvalue weighted by atomic mass is 35.5. The molecule has 0 spiro atoms. The quantitative estimate of drug-likeness (QED) is 0.397. The van der Waals surface area contributed by atoms with E-state index < -0.39 is 5.56 Å². The van der Waals surface area contributed by atoms with Gasteiger partial charge in [-0.25, -0.2) is 4.98 Å². The average Bonchev–Trinajstić information content (AvgIpc) is 2.89. The molecule has 2 aromatic carbocycles. The third-order valence-electron chi connectivity index (χ3n) is 6.29. The Morgan fingerprint density at radius 1 is 0.973 bits per heavy atom. The van der Waals surface area contributed by atoms with Crippen LogP contribution in [0.5, 0.6) is 0 Å². The molecular weight excluding hydrogens is 511 g/mol. The first-order valence-corrected chi connectivity index (χ1v) is 13.3. The standard InChI is InChI=1S/C27H32Cl2N6O2/c28-22-8-7-20-9-12-30-10-4-11-31-16-23(13-19-5-2-1-3-6-19)34-26-27(37)35(24(29)17-33-26)18-25(36)32-15-21(20)14-22/h1-3,5-8,14,17,23,30-31H,4,9-13,15-16,18H2,(H,32,36)(H,33,34)/t23-/m0/s1. The maximum atomic E-state index is 13.2. The third kappa shape index (κ3) is 8.04. The third-order valence-corrected chi connectivity index (χ3v) is 6.82. The Kier molecular flexibility index (Phi) is 9.96. The fourth-order valence-electron chi connectivity index (χ4n) is 4.34. The Balaban J connectivity index is 1.56. The maximum Gasteiger partial charge on any atom is 0.294 e. The van der Waals surface area contributed by atoms with Crippen LogP contribution in [0.25, 0.3) is 0 Å². The molecule has 0 fully saturated rings. The molecule has 1 aromatic heterocycles. The predicted octanol–water partition coefficient (Wildman–Crippen LogP) is 3.02. The van der Waals surface area contributed by atoms with E-state index >= 15 is 0 Å². The lowest BCUT2D eigenvalue weighted by atomic mass is 10.0. The zero-order valence-corrected chi connectivity index (χ0v) is 22.1. The molecule has 196 valence electrons. The van der Waals surface area contributed by atoms with Gasteiger partial charge in [0.05, 0.1) is 6.20 Å². The van der Waals surface area contributed by atoms with Crippen molar-refractivity contribution in [3.63, 3.8) is 0 Å². The topological polar surface area (TPSA) is 100 Å². The zero-order chi connectivity index (χ0) is 26.0. The van der Waals surface area contributed by atoms with Gasteiger partial charge in [0, 0.05) is 24.2 Å². The summed E-state index contributed by atoms with van der Waals surface area (Å²) in [5.74, 6) is -0.165. The van der Waals surface area contributed by atoms with Crippen molar-refractivity contribution in [1.29, 1.82) is 0 Å². The van der Waals surface area contributed by atoms with E-state index in [0.29, 0.717) is 24.5 Å². The minimum Gasteiger partial charge on any atom is -0.361 e. The predicted molar refractivity (Wildman–Crippen MR) is 148 cm³/mol. The van der Waals surface area contributed by atoms with Crippen molar-refractivity contribution in [1.82, 2.24) is 25.5 Å². The van der Waals surface area contributed by atoms with Gasteiger partial charge in [0.15, 0.2) is 5.82 Å². The molecule has 2 bridgehead atoms. The second-order valence-corrected chi connectivity index (χ2v) is 9.92. The van der Waals surface area contributed by atoms with Crippen LogP contribution in [-0.4, -0.2) is 47.7 Å². The van der Waals surface area contributed by atoms with E-state index in [9.17, 15) is 9.59 Å². The fraction of sp³-hybridized carbons (Fsp3) is 0.370. The Morgan fingerprint density at radius 2 is 1.78 bits per heavy atom. The average molecular weight is 543 g/mol. The van der Waals surface area contributed by atoms with Crippen molar-refractivity contribution in [3.05, 3.63) is 91.9 Å². The molecule has 1 aliphatic heterocycles. The number of fused-ring (bicyclic) bond motifs is 3. The van der Waals surface area contributed by atoms with Gasteiger partial charge in [0.1, 0.15) is 11.7 Å². The lowest BCUT2D eigenvalue weighted by Gasteiger charge is -2.21. The first-order valence-electron chi connectivity index (χ1n) is 12.5. The van der Waals surface area contributed by atoms with E-state index in [2.05, 4.69) is 38.4 Å². The molecule has 1 atom stereocenters. The Hall–Kier alpha value is -2.91. The van der Waals surface area contributed by atoms with Gasteiger partial charge in [-0.05, 0) is 67.7 Å². The smallest absolute Gasteiger partial charge is 0.294 e. The van der Waals surface area contributed by atoms with E-state index in [0.717, 1.165) is 49.2 Å². The van der Waals surface area contributed by atoms with E-state index in [-0.39, 0.29) is 29.5 Å². The number of nitrogens with one attached hydrogen (secondary N) is 4. The molecule has 4 N–H and O–H groups in total. The summed E-state index contributed by atoms with van der Waals surface area (Å²) < 4.78 is 1.23. The van der Waals surface area contributed by atoms with Gasteiger partial charge >= 0.3 is 0 Å². The molecule has 37 heavy (non-hydrogen) atoms. The van der Waals surface area contributed by atoms with Crippen molar-refractivity contribution >= 4 is 34.9 Å². The van der Waals surface area contributed by atoms with Crippen LogP contribution in [0.15, 0.2) is 59.5 Å². The van der Waals surface area contributed by atoms with Crippen LogP contribution in [0.2, 0.25) is 10.2 Å². The Labute approximate surface area is 226 Å². The van der Waals surface area contributed by atoms with Crippen LogP contribution >= 0.6 is 23.2 Å². The van der Waals surface area contributed by atoms with E-state index in [1.165, 1.54) is 10.8 Å². The molecule has 0 saturated carbocycles. The number of rotatable bonds is 2. The van der Waals surface area contributed by atoms with Crippen LogP contribution < -0.4 is 26.8 Å². The van der Waals surface area contributed by atoms with Crippen LogP contribution in [0.4, 0.5) is 5.82 Å². The van der Waals surface area contributed by atoms with Crippen molar-refractivity contribution in [3.8, 4) is 0 Å². The summed E-state index contributed by atoms with van der Waals surface area (Å²) in [7, 11) is 0. The van der Waals surface area contributed by atoms with E-state index in [1.807, 2.05) is 36.4 Å². The van der Waals surface area contributed by atoms with Gasteiger partial charge in [0.2, 0.25) is 5.91 Å². The van der Waals surface area contributed by atoms with Gasteiger partial charge in [-0.2, -0.15) is 0 Å². The number of nitrogens with zero attached hydrogens (tertiary/aromatic N) is 2. The second-order valence-electron chi connectivity index (χ2n) is 9.10. The molecular formula is C27H32Cl2N6O2. The Bertz CT molecular complexity index is 1250. The summed E-state index contributed by atoms with van der Waals surface area (Å²) in [5, 5.41) is 13.9.